The van der Waals surface area contributed by atoms with Gasteiger partial charge in [0.25, 0.3) is 0 Å². The molecule has 1 fully saturated rings. The molecule has 0 saturated carbocycles. The van der Waals surface area contributed by atoms with Crippen LogP contribution in [0.5, 0.6) is 0 Å². The van der Waals surface area contributed by atoms with Crippen LogP contribution in [0.2, 0.25) is 0 Å². The van der Waals surface area contributed by atoms with Gasteiger partial charge in [0, 0.05) is 89.4 Å². The lowest BCUT2D eigenvalue weighted by Crippen LogP contribution is -2.60. The Morgan fingerprint density at radius 1 is 0.703 bits per heavy atom. The molecule has 20 heteroatoms. The zero-order valence-corrected chi connectivity index (χ0v) is 36.4. The van der Waals surface area contributed by atoms with E-state index in [-0.39, 0.29) is 78.2 Å². The first-order valence-corrected chi connectivity index (χ1v) is 21.0. The number of rotatable bonds is 20. The van der Waals surface area contributed by atoms with Gasteiger partial charge in [0.1, 0.15) is 0 Å². The van der Waals surface area contributed by atoms with Crippen LogP contribution in [0.1, 0.15) is 125 Å². The molecule has 348 valence electrons. The molecule has 1 saturated heterocycles. The average molecular weight is 897 g/mol. The summed E-state index contributed by atoms with van der Waals surface area (Å²) in [5.41, 5.74) is -5.72. The lowest BCUT2D eigenvalue weighted by Gasteiger charge is -2.48. The summed E-state index contributed by atoms with van der Waals surface area (Å²) >= 11 is 0. The summed E-state index contributed by atoms with van der Waals surface area (Å²) in [5.74, 6) is -12.0. The Bertz CT molecular complexity index is 2270. The van der Waals surface area contributed by atoms with Gasteiger partial charge in [-0.25, -0.2) is 0 Å². The first kappa shape index (κ1) is 48.8. The third kappa shape index (κ3) is 9.22. The minimum absolute atomic E-state index is 0.0922. The van der Waals surface area contributed by atoms with E-state index in [4.69, 9.17) is 15.0 Å². The molecule has 0 aromatic carbocycles. The zero-order chi connectivity index (χ0) is 47.9. The Morgan fingerprint density at radius 2 is 1.30 bits per heavy atom. The molecule has 5 rings (SSSR count). The van der Waals surface area contributed by atoms with E-state index in [1.54, 1.807) is 34.6 Å². The molecule has 0 radical (unpaired) electrons. The minimum Gasteiger partial charge on any atom is -0.481 e. The molecular formula is C44H56N4O16. The van der Waals surface area contributed by atoms with Crippen LogP contribution in [-0.4, -0.2) is 123 Å². The number of carboxylic acids is 8. The van der Waals surface area contributed by atoms with Crippen LogP contribution in [0, 0.1) is 28.1 Å². The standard InChI is InChI=1S/C44H56N4O16/c1-40(13-12-34(55)56)25(15-36(59)60)39-44(5)42(3,20-38(63)64)23(8-11-33(53)54)27(48-44)17-30-41(2,19-37(61)62)22(7-10-32(51)52)28(45-30)18-43(4)24(14-35(57)58)21(6-9-31(49)50)26(47-43)16-29(40)46-39/h17,23,25,39,48H,6-16,18-20H2,1-5H3,(H,49,50)(H,51,52)(H,53,54)(H,55,56)(H,57,58)(H,59,60)(H,61,62)(H,63,64)/t23-,25+,39?,40-,41+,42+,43+,44+/m1/s1. The van der Waals surface area contributed by atoms with Crippen molar-refractivity contribution in [1.82, 2.24) is 5.32 Å². The van der Waals surface area contributed by atoms with Crippen molar-refractivity contribution in [2.75, 3.05) is 0 Å². The van der Waals surface area contributed by atoms with E-state index in [2.05, 4.69) is 5.32 Å². The molecule has 0 amide bonds. The van der Waals surface area contributed by atoms with Crippen LogP contribution in [0.3, 0.4) is 0 Å². The van der Waals surface area contributed by atoms with E-state index < -0.39 is 144 Å². The van der Waals surface area contributed by atoms with Gasteiger partial charge in [0.2, 0.25) is 0 Å². The van der Waals surface area contributed by atoms with Crippen molar-refractivity contribution in [3.63, 3.8) is 0 Å². The highest BCUT2D eigenvalue weighted by Gasteiger charge is 2.66. The minimum atomic E-state index is -1.57. The second kappa shape index (κ2) is 17.8. The van der Waals surface area contributed by atoms with E-state index in [1.165, 1.54) is 6.08 Å². The number of allylic oxidation sites excluding steroid dienone is 4. The van der Waals surface area contributed by atoms with E-state index in [0.717, 1.165) is 0 Å². The molecule has 64 heavy (non-hydrogen) atoms. The van der Waals surface area contributed by atoms with Gasteiger partial charge in [-0.05, 0) is 69.2 Å². The summed E-state index contributed by atoms with van der Waals surface area (Å²) in [4.78, 5) is 115. The maximum absolute atomic E-state index is 13.0. The SMILES string of the molecule is C[C@@]1(CC(=O)O)C2=NC(=C1CCC(=O)O)C[C@]1(C)N=C(CC3=NC([C@H](CC(=O)O)[C@@]3(C)CCC(=O)O)[C@]3(C)NC(=C2)[C@@H](CCC(=O)O)[C@]3(C)CC(=O)O)C(CCC(=O)O)=C1CC(=O)O. The Kier molecular flexibility index (Phi) is 13.5. The average Bonchev–Trinajstić information content (AvgIpc) is 3.72. The predicted molar refractivity (Wildman–Crippen MR) is 225 cm³/mol. The highest BCUT2D eigenvalue weighted by molar-refractivity contribution is 6.17. The lowest BCUT2D eigenvalue weighted by atomic mass is 9.56. The van der Waals surface area contributed by atoms with Crippen LogP contribution in [-0.2, 0) is 38.4 Å². The van der Waals surface area contributed by atoms with E-state index in [9.17, 15) is 79.2 Å². The molecule has 20 nitrogen and oxygen atoms in total. The van der Waals surface area contributed by atoms with Crippen molar-refractivity contribution in [3.8, 4) is 0 Å². The van der Waals surface area contributed by atoms with Crippen LogP contribution in [0.4, 0.5) is 0 Å². The number of nitrogens with one attached hydrogen (secondary N) is 1. The number of fused-ring (bicyclic) bond motifs is 6. The van der Waals surface area contributed by atoms with E-state index >= 15 is 0 Å². The van der Waals surface area contributed by atoms with Crippen LogP contribution >= 0.6 is 0 Å². The predicted octanol–water partition coefficient (Wildman–Crippen LogP) is 4.68. The Morgan fingerprint density at radius 3 is 1.84 bits per heavy atom. The number of aliphatic imine (C=N–C) groups is 3. The fourth-order valence-electron chi connectivity index (χ4n) is 11.2. The fourth-order valence-corrected chi connectivity index (χ4v) is 11.2. The maximum atomic E-state index is 13.0. The zero-order valence-electron chi connectivity index (χ0n) is 36.4. The highest BCUT2D eigenvalue weighted by atomic mass is 16.4. The summed E-state index contributed by atoms with van der Waals surface area (Å²) in [6.07, 6.45) is -3.95. The molecule has 8 atom stereocenters. The number of nitrogens with zero attached hydrogens (tertiary/aromatic N) is 3. The van der Waals surface area contributed by atoms with Crippen molar-refractivity contribution in [1.29, 1.82) is 0 Å². The van der Waals surface area contributed by atoms with Gasteiger partial charge in [-0.1, -0.05) is 13.8 Å². The Hall–Kier alpha value is -6.21. The summed E-state index contributed by atoms with van der Waals surface area (Å²) < 4.78 is 0. The normalized spacial score (nSPS) is 31.8. The Balaban J connectivity index is 1.97. The summed E-state index contributed by atoms with van der Waals surface area (Å²) in [6, 6.07) is -1.17. The largest absolute Gasteiger partial charge is 0.481 e. The van der Waals surface area contributed by atoms with Gasteiger partial charge in [-0.15, -0.1) is 0 Å². The van der Waals surface area contributed by atoms with Crippen molar-refractivity contribution < 1.29 is 79.2 Å². The second-order valence-corrected chi connectivity index (χ2v) is 18.8. The topological polar surface area (TPSA) is 348 Å². The molecule has 8 bridgehead atoms. The van der Waals surface area contributed by atoms with Crippen molar-refractivity contribution in [2.24, 2.45) is 43.1 Å². The first-order valence-electron chi connectivity index (χ1n) is 21.0. The van der Waals surface area contributed by atoms with Crippen molar-refractivity contribution >= 4 is 64.9 Å². The molecule has 9 N–H and O–H groups in total. The van der Waals surface area contributed by atoms with Gasteiger partial charge in [0.15, 0.2) is 0 Å². The van der Waals surface area contributed by atoms with E-state index in [1.807, 2.05) is 0 Å². The van der Waals surface area contributed by atoms with E-state index in [0.29, 0.717) is 5.57 Å². The summed E-state index contributed by atoms with van der Waals surface area (Å²) in [6.45, 7) is 8.10. The molecule has 0 spiro atoms. The van der Waals surface area contributed by atoms with Crippen LogP contribution in [0.25, 0.3) is 0 Å². The summed E-state index contributed by atoms with van der Waals surface area (Å²) in [5, 5.41) is 84.9. The number of hydrogen-bond donors (Lipinski definition) is 9. The van der Waals surface area contributed by atoms with Gasteiger partial charge >= 0.3 is 47.8 Å². The molecule has 1 unspecified atom stereocenters. The Labute approximate surface area is 367 Å². The molecule has 5 aliphatic heterocycles. The van der Waals surface area contributed by atoms with Crippen LogP contribution in [0.15, 0.2) is 49.2 Å². The quantitative estimate of drug-likeness (QED) is 0.0801. The molecule has 5 aliphatic rings. The van der Waals surface area contributed by atoms with Crippen LogP contribution < -0.4 is 5.32 Å². The molecule has 0 aromatic heterocycles. The molecule has 5 heterocycles. The second-order valence-electron chi connectivity index (χ2n) is 18.8. The first-order chi connectivity index (χ1) is 29.6. The highest BCUT2D eigenvalue weighted by Crippen LogP contribution is 2.61. The molecular weight excluding hydrogens is 840 g/mol. The number of carbonyl (C=O) groups is 8. The maximum Gasteiger partial charge on any atom is 0.307 e. The smallest absolute Gasteiger partial charge is 0.307 e. The monoisotopic (exact) mass is 896 g/mol. The number of aliphatic carboxylic acids is 8. The number of hydrogen-bond acceptors (Lipinski definition) is 12. The lowest BCUT2D eigenvalue weighted by molar-refractivity contribution is -0.144. The molecule has 0 aliphatic carbocycles. The third-order valence-corrected chi connectivity index (χ3v) is 14.6. The van der Waals surface area contributed by atoms with Gasteiger partial charge in [0.05, 0.1) is 48.5 Å². The summed E-state index contributed by atoms with van der Waals surface area (Å²) in [7, 11) is 0. The molecule has 0 aromatic rings. The number of carboxylic acid groups (broad SMARTS) is 8. The van der Waals surface area contributed by atoms with Gasteiger partial charge in [-0.3, -0.25) is 53.3 Å². The third-order valence-electron chi connectivity index (χ3n) is 14.6. The van der Waals surface area contributed by atoms with Gasteiger partial charge in [-0.2, -0.15) is 0 Å². The van der Waals surface area contributed by atoms with Crippen molar-refractivity contribution in [2.45, 2.75) is 142 Å². The van der Waals surface area contributed by atoms with Gasteiger partial charge < -0.3 is 46.2 Å². The van der Waals surface area contributed by atoms with Crippen molar-refractivity contribution in [3.05, 3.63) is 34.2 Å². The fraction of sp³-hybridized carbons (Fsp3) is 0.614.